The Bertz CT molecular complexity index is 491. The van der Waals surface area contributed by atoms with Crippen LogP contribution in [0.2, 0.25) is 0 Å². The molecular weight excluding hydrogens is 229 g/mol. The highest BCUT2D eigenvalue weighted by atomic mass is 19.1. The van der Waals surface area contributed by atoms with Crippen LogP contribution in [0.1, 0.15) is 30.9 Å². The third-order valence-corrected chi connectivity index (χ3v) is 2.72. The normalized spacial score (nSPS) is 10.7. The van der Waals surface area contributed by atoms with Crippen LogP contribution in [0.5, 0.6) is 0 Å². The first-order valence-corrected chi connectivity index (χ1v) is 5.95. The molecule has 0 aliphatic heterocycles. The smallest absolute Gasteiger partial charge is 0.223 e. The van der Waals surface area contributed by atoms with Crippen molar-refractivity contribution in [2.45, 2.75) is 26.3 Å². The quantitative estimate of drug-likeness (QED) is 0.897. The van der Waals surface area contributed by atoms with Gasteiger partial charge < -0.3 is 5.32 Å². The highest BCUT2D eigenvalue weighted by Gasteiger charge is 2.00. The molecule has 1 aromatic heterocycles. The monoisotopic (exact) mass is 245 g/mol. The summed E-state index contributed by atoms with van der Waals surface area (Å²) in [5.74, 6) is 0.540. The summed E-state index contributed by atoms with van der Waals surface area (Å²) >= 11 is 0. The molecule has 1 N–H and O–H groups in total. The van der Waals surface area contributed by atoms with Crippen LogP contribution in [0, 0.1) is 5.82 Å². The third kappa shape index (κ3) is 3.26. The van der Waals surface area contributed by atoms with Gasteiger partial charge in [0.2, 0.25) is 5.95 Å². The number of halogens is 1. The highest BCUT2D eigenvalue weighted by molar-refractivity contribution is 5.29. The lowest BCUT2D eigenvalue weighted by Crippen LogP contribution is -2.03. The summed E-state index contributed by atoms with van der Waals surface area (Å²) < 4.78 is 12.6. The van der Waals surface area contributed by atoms with Crippen molar-refractivity contribution in [3.8, 4) is 0 Å². The summed E-state index contributed by atoms with van der Waals surface area (Å²) in [5.41, 5.74) is 2.46. The summed E-state index contributed by atoms with van der Waals surface area (Å²) in [6, 6.07) is 8.39. The molecule has 0 fully saturated rings. The first-order chi connectivity index (χ1) is 8.65. The molecule has 94 valence electrons. The maximum Gasteiger partial charge on any atom is 0.223 e. The van der Waals surface area contributed by atoms with Gasteiger partial charge in [-0.1, -0.05) is 38.1 Å². The fraction of sp³-hybridized carbons (Fsp3) is 0.286. The molecule has 0 amide bonds. The van der Waals surface area contributed by atoms with E-state index in [-0.39, 0.29) is 0 Å². The maximum atomic E-state index is 12.6. The van der Waals surface area contributed by atoms with E-state index in [9.17, 15) is 4.39 Å². The van der Waals surface area contributed by atoms with E-state index >= 15 is 0 Å². The Kier molecular flexibility index (Phi) is 3.87. The lowest BCUT2D eigenvalue weighted by atomic mass is 10.0. The van der Waals surface area contributed by atoms with Crippen LogP contribution in [0.25, 0.3) is 0 Å². The van der Waals surface area contributed by atoms with Crippen molar-refractivity contribution in [3.63, 3.8) is 0 Å². The molecule has 18 heavy (non-hydrogen) atoms. The SMILES string of the molecule is CC(C)c1ccc(CNc2ncc(F)cn2)cc1. The predicted octanol–water partition coefficient (Wildman–Crippen LogP) is 3.35. The van der Waals surface area contributed by atoms with Crippen LogP contribution >= 0.6 is 0 Å². The van der Waals surface area contributed by atoms with Crippen LogP contribution in [0.3, 0.4) is 0 Å². The Morgan fingerprint density at radius 3 is 2.28 bits per heavy atom. The lowest BCUT2D eigenvalue weighted by Gasteiger charge is -2.08. The molecule has 0 unspecified atom stereocenters. The van der Waals surface area contributed by atoms with Crippen molar-refractivity contribution in [1.29, 1.82) is 0 Å². The van der Waals surface area contributed by atoms with Crippen molar-refractivity contribution < 1.29 is 4.39 Å². The van der Waals surface area contributed by atoms with E-state index in [0.29, 0.717) is 18.4 Å². The van der Waals surface area contributed by atoms with Crippen LogP contribution in [-0.2, 0) is 6.54 Å². The van der Waals surface area contributed by atoms with Gasteiger partial charge in [0.25, 0.3) is 0 Å². The standard InChI is InChI=1S/C14H16FN3/c1-10(2)12-5-3-11(4-6-12)7-16-14-17-8-13(15)9-18-14/h3-6,8-10H,7H2,1-2H3,(H,16,17,18). The van der Waals surface area contributed by atoms with E-state index in [1.54, 1.807) is 0 Å². The Balaban J connectivity index is 1.95. The molecule has 3 nitrogen and oxygen atoms in total. The number of rotatable bonds is 4. The molecule has 0 spiro atoms. The zero-order valence-electron chi connectivity index (χ0n) is 10.5. The van der Waals surface area contributed by atoms with Crippen molar-refractivity contribution in [3.05, 3.63) is 53.6 Å². The van der Waals surface area contributed by atoms with Crippen LogP contribution in [0.15, 0.2) is 36.7 Å². The molecule has 0 saturated carbocycles. The average molecular weight is 245 g/mol. The number of hydrogen-bond acceptors (Lipinski definition) is 3. The summed E-state index contributed by atoms with van der Waals surface area (Å²) in [4.78, 5) is 7.68. The molecule has 1 aromatic carbocycles. The minimum Gasteiger partial charge on any atom is -0.350 e. The molecule has 0 aliphatic rings. The summed E-state index contributed by atoms with van der Waals surface area (Å²) in [7, 11) is 0. The fourth-order valence-corrected chi connectivity index (χ4v) is 1.61. The average Bonchev–Trinajstić information content (AvgIpc) is 2.38. The van der Waals surface area contributed by atoms with Gasteiger partial charge >= 0.3 is 0 Å². The van der Waals surface area contributed by atoms with Crippen molar-refractivity contribution in [1.82, 2.24) is 9.97 Å². The van der Waals surface area contributed by atoms with Gasteiger partial charge in [-0.05, 0) is 17.0 Å². The van der Waals surface area contributed by atoms with Crippen LogP contribution in [-0.4, -0.2) is 9.97 Å². The van der Waals surface area contributed by atoms with Gasteiger partial charge in [0.05, 0.1) is 12.4 Å². The van der Waals surface area contributed by atoms with E-state index in [1.165, 1.54) is 5.56 Å². The number of anilines is 1. The van der Waals surface area contributed by atoms with Crippen molar-refractivity contribution in [2.75, 3.05) is 5.32 Å². The van der Waals surface area contributed by atoms with E-state index in [0.717, 1.165) is 18.0 Å². The van der Waals surface area contributed by atoms with Gasteiger partial charge in [-0.2, -0.15) is 0 Å². The molecule has 1 heterocycles. The zero-order valence-corrected chi connectivity index (χ0v) is 10.5. The number of nitrogens with zero attached hydrogens (tertiary/aromatic N) is 2. The molecule has 2 rings (SSSR count). The van der Waals surface area contributed by atoms with Gasteiger partial charge in [0, 0.05) is 6.54 Å². The van der Waals surface area contributed by atoms with Crippen molar-refractivity contribution in [2.24, 2.45) is 0 Å². The largest absolute Gasteiger partial charge is 0.350 e. The van der Waals surface area contributed by atoms with Gasteiger partial charge in [-0.25, -0.2) is 14.4 Å². The molecular formula is C14H16FN3. The second kappa shape index (κ2) is 5.58. The van der Waals surface area contributed by atoms with Gasteiger partial charge in [-0.3, -0.25) is 0 Å². The molecule has 0 bridgehead atoms. The molecule has 0 aliphatic carbocycles. The van der Waals surface area contributed by atoms with Crippen LogP contribution < -0.4 is 5.32 Å². The lowest BCUT2D eigenvalue weighted by molar-refractivity contribution is 0.614. The summed E-state index contributed by atoms with van der Waals surface area (Å²) in [6.45, 7) is 4.96. The number of nitrogens with one attached hydrogen (secondary N) is 1. The second-order valence-electron chi connectivity index (χ2n) is 4.47. The number of benzene rings is 1. The van der Waals surface area contributed by atoms with Gasteiger partial charge in [-0.15, -0.1) is 0 Å². The third-order valence-electron chi connectivity index (χ3n) is 2.72. The Morgan fingerprint density at radius 1 is 1.11 bits per heavy atom. The van der Waals surface area contributed by atoms with Gasteiger partial charge in [0.1, 0.15) is 0 Å². The van der Waals surface area contributed by atoms with E-state index < -0.39 is 5.82 Å². The first kappa shape index (κ1) is 12.5. The van der Waals surface area contributed by atoms with E-state index in [1.807, 2.05) is 0 Å². The summed E-state index contributed by atoms with van der Waals surface area (Å²) in [6.07, 6.45) is 2.30. The first-order valence-electron chi connectivity index (χ1n) is 5.95. The Morgan fingerprint density at radius 2 is 1.72 bits per heavy atom. The molecule has 0 radical (unpaired) electrons. The maximum absolute atomic E-state index is 12.6. The molecule has 4 heteroatoms. The zero-order chi connectivity index (χ0) is 13.0. The number of aromatic nitrogens is 2. The Hall–Kier alpha value is -1.97. The predicted molar refractivity (Wildman–Crippen MR) is 69.8 cm³/mol. The molecule has 2 aromatic rings. The highest BCUT2D eigenvalue weighted by Crippen LogP contribution is 2.15. The minimum absolute atomic E-state index is 0.429. The summed E-state index contributed by atoms with van der Waals surface area (Å²) in [5, 5.41) is 3.05. The Labute approximate surface area is 106 Å². The van der Waals surface area contributed by atoms with E-state index in [2.05, 4.69) is 53.4 Å². The van der Waals surface area contributed by atoms with Crippen molar-refractivity contribution >= 4 is 5.95 Å². The second-order valence-corrected chi connectivity index (χ2v) is 4.47. The van der Waals surface area contributed by atoms with Gasteiger partial charge in [0.15, 0.2) is 5.82 Å². The molecule has 0 atom stereocenters. The molecule has 0 saturated heterocycles. The fourth-order valence-electron chi connectivity index (χ4n) is 1.61. The minimum atomic E-state index is -0.429. The topological polar surface area (TPSA) is 37.8 Å². The van der Waals surface area contributed by atoms with E-state index in [4.69, 9.17) is 0 Å². The number of hydrogen-bond donors (Lipinski definition) is 1. The van der Waals surface area contributed by atoms with Crippen LogP contribution in [0.4, 0.5) is 10.3 Å².